The summed E-state index contributed by atoms with van der Waals surface area (Å²) in [5.41, 5.74) is 0. The average Bonchev–Trinajstić information content (AvgIpc) is 2.24. The summed E-state index contributed by atoms with van der Waals surface area (Å²) in [7, 11) is 0. The van der Waals surface area contributed by atoms with Gasteiger partial charge in [-0.25, -0.2) is 0 Å². The van der Waals surface area contributed by atoms with E-state index in [-0.39, 0.29) is 10.3 Å². The van der Waals surface area contributed by atoms with Crippen LogP contribution in [-0.4, -0.2) is 10.3 Å². The molecule has 16 heavy (non-hydrogen) atoms. The lowest BCUT2D eigenvalue weighted by molar-refractivity contribution is 0.420. The van der Waals surface area contributed by atoms with E-state index in [0.717, 1.165) is 32.1 Å². The molecule has 0 rings (SSSR count). The molecule has 0 spiro atoms. The number of hydrogen-bond donors (Lipinski definition) is 0. The molecule has 0 aliphatic rings. The molecule has 2 unspecified atom stereocenters. The molecule has 0 amide bonds. The van der Waals surface area contributed by atoms with E-state index in [1.54, 1.807) is 0 Å². The molecule has 0 nitrogen and oxygen atoms in total. The number of rotatable bonds is 10. The van der Waals surface area contributed by atoms with Crippen molar-refractivity contribution in [3.63, 3.8) is 0 Å². The first-order chi connectivity index (χ1) is 7.58. The molecule has 0 aliphatic heterocycles. The molecule has 0 radical (unpaired) electrons. The van der Waals surface area contributed by atoms with Gasteiger partial charge >= 0.3 is 0 Å². The van der Waals surface area contributed by atoms with Gasteiger partial charge in [0.15, 0.2) is 0 Å². The number of halogens is 2. The summed E-state index contributed by atoms with van der Waals surface area (Å²) in [5, 5.41) is 0.246. The minimum atomic E-state index is -0.0368. The number of hydrogen-bond acceptors (Lipinski definition) is 0. The van der Waals surface area contributed by atoms with Crippen LogP contribution in [0, 0.1) is 0 Å². The summed E-state index contributed by atoms with van der Waals surface area (Å²) in [6.45, 7) is 6.59. The van der Waals surface area contributed by atoms with E-state index >= 15 is 0 Å². The van der Waals surface area contributed by atoms with Gasteiger partial charge in [0.25, 0.3) is 0 Å². The fourth-order valence-electron chi connectivity index (χ4n) is 2.19. The smallest absolute Gasteiger partial charge is 0.0460 e. The van der Waals surface area contributed by atoms with Crippen LogP contribution in [0.4, 0.5) is 0 Å². The summed E-state index contributed by atoms with van der Waals surface area (Å²) in [6, 6.07) is 0. The fourth-order valence-corrected chi connectivity index (χ4v) is 3.07. The first-order valence-electron chi connectivity index (χ1n) is 6.91. The van der Waals surface area contributed by atoms with Crippen molar-refractivity contribution in [2.24, 2.45) is 0 Å². The van der Waals surface area contributed by atoms with Crippen LogP contribution in [0.3, 0.4) is 0 Å². The second-order valence-electron chi connectivity index (χ2n) is 4.92. The zero-order valence-corrected chi connectivity index (χ0v) is 12.7. The van der Waals surface area contributed by atoms with E-state index in [2.05, 4.69) is 20.8 Å². The third kappa shape index (κ3) is 7.79. The van der Waals surface area contributed by atoms with Crippen LogP contribution in [0.25, 0.3) is 0 Å². The van der Waals surface area contributed by atoms with Gasteiger partial charge in [-0.3, -0.25) is 0 Å². The van der Waals surface area contributed by atoms with Crippen LogP contribution in [0.5, 0.6) is 0 Å². The minimum absolute atomic E-state index is 0.0368. The molecule has 2 heteroatoms. The van der Waals surface area contributed by atoms with Crippen LogP contribution in [-0.2, 0) is 0 Å². The first kappa shape index (κ1) is 16.6. The standard InChI is InChI=1S/C14H28Cl2/c1-4-7-8-9-11-14(16,10-5-2)12-13(15)6-3/h13H,4-12H2,1-3H3. The van der Waals surface area contributed by atoms with Gasteiger partial charge in [-0.1, -0.05) is 52.9 Å². The van der Waals surface area contributed by atoms with Gasteiger partial charge < -0.3 is 0 Å². The zero-order valence-electron chi connectivity index (χ0n) is 11.2. The predicted molar refractivity (Wildman–Crippen MR) is 76.8 cm³/mol. The van der Waals surface area contributed by atoms with Crippen molar-refractivity contribution in [3.05, 3.63) is 0 Å². The Morgan fingerprint density at radius 3 is 2.12 bits per heavy atom. The Balaban J connectivity index is 4.00. The van der Waals surface area contributed by atoms with Crippen molar-refractivity contribution in [1.29, 1.82) is 0 Å². The maximum Gasteiger partial charge on any atom is 0.0460 e. The molecule has 0 aromatic rings. The Morgan fingerprint density at radius 2 is 1.62 bits per heavy atom. The van der Waals surface area contributed by atoms with E-state index in [1.165, 1.54) is 25.7 Å². The molecule has 0 aromatic heterocycles. The quantitative estimate of drug-likeness (QED) is 0.329. The summed E-state index contributed by atoms with van der Waals surface area (Å²) in [6.07, 6.45) is 10.6. The van der Waals surface area contributed by atoms with Crippen LogP contribution in [0.2, 0.25) is 0 Å². The maximum absolute atomic E-state index is 6.71. The van der Waals surface area contributed by atoms with Gasteiger partial charge in [-0.2, -0.15) is 0 Å². The summed E-state index contributed by atoms with van der Waals surface area (Å²) in [4.78, 5) is -0.0368. The molecule has 0 saturated heterocycles. The van der Waals surface area contributed by atoms with Crippen molar-refractivity contribution in [2.45, 2.75) is 88.8 Å². The highest BCUT2D eigenvalue weighted by Crippen LogP contribution is 2.35. The van der Waals surface area contributed by atoms with E-state index in [4.69, 9.17) is 23.2 Å². The van der Waals surface area contributed by atoms with Gasteiger partial charge in [0.05, 0.1) is 0 Å². The highest BCUT2D eigenvalue weighted by atomic mass is 35.5. The van der Waals surface area contributed by atoms with Gasteiger partial charge in [0.2, 0.25) is 0 Å². The minimum Gasteiger partial charge on any atom is -0.123 e. The lowest BCUT2D eigenvalue weighted by Gasteiger charge is -2.28. The summed E-state index contributed by atoms with van der Waals surface area (Å²) < 4.78 is 0. The summed E-state index contributed by atoms with van der Waals surface area (Å²) >= 11 is 12.9. The van der Waals surface area contributed by atoms with E-state index < -0.39 is 0 Å². The van der Waals surface area contributed by atoms with E-state index in [1.807, 2.05) is 0 Å². The predicted octanol–water partition coefficient (Wildman–Crippen LogP) is 6.14. The largest absolute Gasteiger partial charge is 0.123 e. The van der Waals surface area contributed by atoms with Crippen LogP contribution < -0.4 is 0 Å². The van der Waals surface area contributed by atoms with Gasteiger partial charge in [0.1, 0.15) is 0 Å². The molecule has 0 aromatic carbocycles. The molecule has 98 valence electrons. The van der Waals surface area contributed by atoms with Crippen LogP contribution in [0.1, 0.15) is 78.6 Å². The van der Waals surface area contributed by atoms with Crippen molar-refractivity contribution in [2.75, 3.05) is 0 Å². The molecular weight excluding hydrogens is 239 g/mol. The molecule has 0 fully saturated rings. The van der Waals surface area contributed by atoms with Gasteiger partial charge in [0, 0.05) is 10.3 Å². The van der Waals surface area contributed by atoms with Crippen molar-refractivity contribution < 1.29 is 0 Å². The monoisotopic (exact) mass is 266 g/mol. The van der Waals surface area contributed by atoms with E-state index in [0.29, 0.717) is 0 Å². The fraction of sp³-hybridized carbons (Fsp3) is 1.00. The second-order valence-corrected chi connectivity index (χ2v) is 6.34. The summed E-state index contributed by atoms with van der Waals surface area (Å²) in [5.74, 6) is 0. The Labute approximate surface area is 112 Å². The lowest BCUT2D eigenvalue weighted by atomic mass is 9.90. The number of unbranched alkanes of at least 4 members (excludes halogenated alkanes) is 3. The van der Waals surface area contributed by atoms with Crippen LogP contribution in [0.15, 0.2) is 0 Å². The molecule has 0 N–H and O–H groups in total. The van der Waals surface area contributed by atoms with Crippen molar-refractivity contribution in [1.82, 2.24) is 0 Å². The van der Waals surface area contributed by atoms with Gasteiger partial charge in [-0.15, -0.1) is 23.2 Å². The van der Waals surface area contributed by atoms with Crippen molar-refractivity contribution in [3.8, 4) is 0 Å². The van der Waals surface area contributed by atoms with Crippen molar-refractivity contribution >= 4 is 23.2 Å². The SMILES string of the molecule is CCCCCCC(Cl)(CCC)CC(Cl)CC. The molecule has 0 aliphatic carbocycles. The topological polar surface area (TPSA) is 0 Å². The Hall–Kier alpha value is 0.580. The first-order valence-corrected chi connectivity index (χ1v) is 7.72. The number of alkyl halides is 2. The normalized spacial score (nSPS) is 17.1. The van der Waals surface area contributed by atoms with Crippen LogP contribution >= 0.6 is 23.2 Å². The Bertz CT molecular complexity index is 159. The highest BCUT2D eigenvalue weighted by molar-refractivity contribution is 6.25. The van der Waals surface area contributed by atoms with Gasteiger partial charge in [-0.05, 0) is 25.7 Å². The Morgan fingerprint density at radius 1 is 0.938 bits per heavy atom. The molecule has 0 heterocycles. The zero-order chi connectivity index (χ0) is 12.4. The molecule has 0 saturated carbocycles. The molecule has 2 atom stereocenters. The second kappa shape index (κ2) is 9.59. The lowest BCUT2D eigenvalue weighted by Crippen LogP contribution is -2.25. The van der Waals surface area contributed by atoms with E-state index in [9.17, 15) is 0 Å². The maximum atomic E-state index is 6.71. The highest BCUT2D eigenvalue weighted by Gasteiger charge is 2.28. The third-order valence-electron chi connectivity index (χ3n) is 3.21. The third-order valence-corrected chi connectivity index (χ3v) is 4.20. The molecular formula is C14H28Cl2. The Kier molecular flexibility index (Phi) is 9.94. The molecule has 0 bridgehead atoms. The average molecular weight is 267 g/mol.